The van der Waals surface area contributed by atoms with Crippen LogP contribution in [0, 0.1) is 6.92 Å². The lowest BCUT2D eigenvalue weighted by atomic mass is 10.1. The molecular formula is C22H17ClF3N5OS. The number of nitrogens with zero attached hydrogens (tertiary/aromatic N) is 4. The number of hydrogen-bond acceptors (Lipinski definition) is 6. The molecule has 4 aromatic rings. The van der Waals surface area contributed by atoms with Crippen LogP contribution < -0.4 is 10.9 Å². The van der Waals surface area contributed by atoms with Crippen molar-refractivity contribution in [1.82, 2.24) is 19.7 Å². The summed E-state index contributed by atoms with van der Waals surface area (Å²) in [6.45, 7) is 2.46. The molecule has 0 aliphatic heterocycles. The molecule has 6 nitrogen and oxygen atoms in total. The minimum atomic E-state index is -4.52. The zero-order valence-electron chi connectivity index (χ0n) is 17.2. The Morgan fingerprint density at radius 3 is 2.48 bits per heavy atom. The van der Waals surface area contributed by atoms with Crippen LogP contribution in [0.3, 0.4) is 0 Å². The number of rotatable bonds is 6. The van der Waals surface area contributed by atoms with Crippen molar-refractivity contribution in [3.8, 4) is 17.1 Å². The molecule has 0 bridgehead atoms. The Morgan fingerprint density at radius 1 is 1.12 bits per heavy atom. The third kappa shape index (κ3) is 5.23. The second-order valence-electron chi connectivity index (χ2n) is 7.12. The highest BCUT2D eigenvalue weighted by atomic mass is 35.5. The van der Waals surface area contributed by atoms with Crippen LogP contribution in [0.15, 0.2) is 59.0 Å². The molecule has 11 heteroatoms. The van der Waals surface area contributed by atoms with Gasteiger partial charge in [0.2, 0.25) is 0 Å². The molecule has 0 spiro atoms. The first kappa shape index (κ1) is 22.9. The fraction of sp³-hybridized carbons (Fsp3) is 0.182. The number of benzene rings is 1. The predicted octanol–water partition coefficient (Wildman–Crippen LogP) is 5.39. The van der Waals surface area contributed by atoms with Crippen LogP contribution in [0.4, 0.5) is 18.9 Å². The summed E-state index contributed by atoms with van der Waals surface area (Å²) in [4.78, 5) is 20.7. The number of aromatic nitrogens is 4. The number of aryl methyl sites for hydroxylation is 1. The lowest BCUT2D eigenvalue weighted by Crippen LogP contribution is -2.24. The van der Waals surface area contributed by atoms with Gasteiger partial charge in [-0.25, -0.2) is 9.97 Å². The molecule has 0 saturated heterocycles. The predicted molar refractivity (Wildman–Crippen MR) is 122 cm³/mol. The van der Waals surface area contributed by atoms with Gasteiger partial charge in [0.05, 0.1) is 28.1 Å². The van der Waals surface area contributed by atoms with Crippen LogP contribution in [-0.4, -0.2) is 26.3 Å². The number of hydrogen-bond donors (Lipinski definition) is 1. The molecule has 0 radical (unpaired) electrons. The van der Waals surface area contributed by atoms with Gasteiger partial charge in [0.15, 0.2) is 5.82 Å². The maximum Gasteiger partial charge on any atom is 0.417 e. The van der Waals surface area contributed by atoms with Gasteiger partial charge in [-0.2, -0.15) is 23.0 Å². The van der Waals surface area contributed by atoms with Crippen molar-refractivity contribution in [2.24, 2.45) is 0 Å². The quantitative estimate of drug-likeness (QED) is 0.391. The first-order chi connectivity index (χ1) is 15.7. The number of anilines is 1. The van der Waals surface area contributed by atoms with Crippen molar-refractivity contribution in [3.05, 3.63) is 85.7 Å². The number of halogens is 4. The molecule has 170 valence electrons. The number of pyridine rings is 1. The number of alkyl halides is 3. The maximum absolute atomic E-state index is 12.7. The van der Waals surface area contributed by atoms with Gasteiger partial charge in [0.25, 0.3) is 5.56 Å². The van der Waals surface area contributed by atoms with E-state index >= 15 is 0 Å². The van der Waals surface area contributed by atoms with E-state index in [1.54, 1.807) is 11.3 Å². The molecule has 3 aromatic heterocycles. The Kier molecular flexibility index (Phi) is 6.48. The fourth-order valence-corrected chi connectivity index (χ4v) is 3.90. The molecule has 0 atom stereocenters. The van der Waals surface area contributed by atoms with Crippen molar-refractivity contribution < 1.29 is 13.2 Å². The van der Waals surface area contributed by atoms with Crippen LogP contribution in [0.25, 0.3) is 17.1 Å². The molecule has 0 amide bonds. The summed E-state index contributed by atoms with van der Waals surface area (Å²) in [5.41, 5.74) is 1.81. The molecule has 0 saturated carbocycles. The Hall–Kier alpha value is -3.24. The Morgan fingerprint density at radius 2 is 1.88 bits per heavy atom. The minimum absolute atomic E-state index is 0.0585. The van der Waals surface area contributed by atoms with E-state index in [9.17, 15) is 18.0 Å². The van der Waals surface area contributed by atoms with Gasteiger partial charge in [0, 0.05) is 23.7 Å². The summed E-state index contributed by atoms with van der Waals surface area (Å²) >= 11 is 7.78. The molecule has 1 aromatic carbocycles. The van der Waals surface area contributed by atoms with E-state index in [1.165, 1.54) is 6.20 Å². The SMILES string of the molecule is Cc1nc(-c2ccc(CCNc3cnn(-c4ccc(C(F)(F)F)cn4)c(=O)c3Cl)cc2)cs1. The lowest BCUT2D eigenvalue weighted by molar-refractivity contribution is -0.137. The Bertz CT molecular complexity index is 1320. The molecular weight excluding hydrogens is 475 g/mol. The first-order valence-corrected chi connectivity index (χ1v) is 11.0. The van der Waals surface area contributed by atoms with Crippen LogP contribution >= 0.6 is 22.9 Å². The third-order valence-corrected chi connectivity index (χ3v) is 5.95. The van der Waals surface area contributed by atoms with E-state index in [0.29, 0.717) is 24.8 Å². The Balaban J connectivity index is 1.41. The van der Waals surface area contributed by atoms with Crippen molar-refractivity contribution >= 4 is 28.6 Å². The number of thiazole rings is 1. The van der Waals surface area contributed by atoms with E-state index in [4.69, 9.17) is 11.6 Å². The second kappa shape index (κ2) is 9.32. The highest BCUT2D eigenvalue weighted by Gasteiger charge is 2.30. The van der Waals surface area contributed by atoms with Gasteiger partial charge in [-0.3, -0.25) is 4.79 Å². The normalized spacial score (nSPS) is 11.5. The van der Waals surface area contributed by atoms with Crippen LogP contribution in [0.1, 0.15) is 16.1 Å². The summed E-state index contributed by atoms with van der Waals surface area (Å²) in [6.07, 6.45) is -1.85. The summed E-state index contributed by atoms with van der Waals surface area (Å²) in [5.74, 6) is -0.0585. The zero-order valence-corrected chi connectivity index (χ0v) is 18.8. The van der Waals surface area contributed by atoms with Crippen molar-refractivity contribution in [2.75, 3.05) is 11.9 Å². The van der Waals surface area contributed by atoms with Gasteiger partial charge in [-0.15, -0.1) is 11.3 Å². The minimum Gasteiger partial charge on any atom is -0.382 e. The second-order valence-corrected chi connectivity index (χ2v) is 8.56. The third-order valence-electron chi connectivity index (χ3n) is 4.81. The lowest BCUT2D eigenvalue weighted by Gasteiger charge is -2.11. The topological polar surface area (TPSA) is 72.7 Å². The van der Waals surface area contributed by atoms with Crippen LogP contribution in [0.2, 0.25) is 5.02 Å². The molecule has 3 heterocycles. The molecule has 4 rings (SSSR count). The first-order valence-electron chi connectivity index (χ1n) is 9.79. The van der Waals surface area contributed by atoms with Crippen molar-refractivity contribution in [3.63, 3.8) is 0 Å². The van der Waals surface area contributed by atoms with E-state index < -0.39 is 17.3 Å². The highest BCUT2D eigenvalue weighted by molar-refractivity contribution is 7.09. The van der Waals surface area contributed by atoms with Gasteiger partial charge in [-0.1, -0.05) is 35.9 Å². The summed E-state index contributed by atoms with van der Waals surface area (Å²) in [5, 5.41) is 9.96. The van der Waals surface area contributed by atoms with Gasteiger partial charge in [-0.05, 0) is 31.0 Å². The molecule has 33 heavy (non-hydrogen) atoms. The van der Waals surface area contributed by atoms with Crippen LogP contribution in [0.5, 0.6) is 0 Å². The van der Waals surface area contributed by atoms with Gasteiger partial charge >= 0.3 is 6.18 Å². The summed E-state index contributed by atoms with van der Waals surface area (Å²) < 4.78 is 39.0. The standard InChI is InChI=1S/C22H17ClF3N5OS/c1-13-30-18(12-33-13)15-4-2-14(3-5-15)8-9-27-17-11-29-31(21(32)20(17)23)19-7-6-16(10-28-19)22(24,25)26/h2-7,10-12,27H,8-9H2,1H3. The largest absolute Gasteiger partial charge is 0.417 e. The maximum atomic E-state index is 12.7. The highest BCUT2D eigenvalue weighted by Crippen LogP contribution is 2.28. The van der Waals surface area contributed by atoms with Crippen LogP contribution in [-0.2, 0) is 12.6 Å². The monoisotopic (exact) mass is 491 g/mol. The Labute approximate surface area is 195 Å². The summed E-state index contributed by atoms with van der Waals surface area (Å²) in [7, 11) is 0. The van der Waals surface area contributed by atoms with E-state index in [1.807, 2.05) is 36.6 Å². The smallest absolute Gasteiger partial charge is 0.382 e. The average Bonchev–Trinajstić information content (AvgIpc) is 3.23. The van der Waals surface area contributed by atoms with E-state index in [2.05, 4.69) is 20.4 Å². The molecule has 0 fully saturated rings. The van der Waals surface area contributed by atoms with Crippen molar-refractivity contribution in [2.45, 2.75) is 19.5 Å². The summed E-state index contributed by atoms with van der Waals surface area (Å²) in [6, 6.07) is 9.95. The van der Waals surface area contributed by atoms with Gasteiger partial charge in [0.1, 0.15) is 5.02 Å². The molecule has 0 aliphatic rings. The fourth-order valence-electron chi connectivity index (χ4n) is 3.08. The average molecular weight is 492 g/mol. The molecule has 1 N–H and O–H groups in total. The van der Waals surface area contributed by atoms with E-state index in [0.717, 1.165) is 38.6 Å². The zero-order chi connectivity index (χ0) is 23.6. The van der Waals surface area contributed by atoms with Gasteiger partial charge < -0.3 is 5.32 Å². The molecule has 0 aliphatic carbocycles. The van der Waals surface area contributed by atoms with E-state index in [-0.39, 0.29) is 10.8 Å². The molecule has 0 unspecified atom stereocenters. The number of nitrogens with one attached hydrogen (secondary N) is 1. The van der Waals surface area contributed by atoms with Crippen molar-refractivity contribution in [1.29, 1.82) is 0 Å².